The molecule has 0 unspecified atom stereocenters. The van der Waals surface area contributed by atoms with Gasteiger partial charge in [-0.15, -0.1) is 0 Å². The van der Waals surface area contributed by atoms with E-state index in [-0.39, 0.29) is 5.92 Å². The van der Waals surface area contributed by atoms with Crippen LogP contribution < -0.4 is 10.6 Å². The van der Waals surface area contributed by atoms with Gasteiger partial charge in [-0.3, -0.25) is 14.9 Å². The van der Waals surface area contributed by atoms with Gasteiger partial charge in [-0.1, -0.05) is 55.8 Å². The van der Waals surface area contributed by atoms with Crippen LogP contribution in [0.15, 0.2) is 54.6 Å². The van der Waals surface area contributed by atoms with E-state index in [1.54, 1.807) is 54.6 Å². The number of imide groups is 1. The first-order valence-electron chi connectivity index (χ1n) is 8.45. The number of esters is 1. The summed E-state index contributed by atoms with van der Waals surface area (Å²) in [6, 6.07) is 14.9. The van der Waals surface area contributed by atoms with Crippen molar-refractivity contribution in [3.63, 3.8) is 0 Å². The standard InChI is InChI=1S/C20H21ClN2O4/c1-13(2)18(14-8-10-15(21)11-9-14)19(25)27-12-17(24)23-20(26)22-16-6-4-3-5-7-16/h3-11,13,18H,12H2,1-2H3,(H2,22,23,24,26)/t18-/m0/s1. The second-order valence-electron chi connectivity index (χ2n) is 6.25. The van der Waals surface area contributed by atoms with Crippen LogP contribution in [0.2, 0.25) is 5.02 Å². The fraction of sp³-hybridized carbons (Fsp3) is 0.250. The molecular formula is C20H21ClN2O4. The van der Waals surface area contributed by atoms with Crippen molar-refractivity contribution in [2.75, 3.05) is 11.9 Å². The van der Waals surface area contributed by atoms with Crippen molar-refractivity contribution in [3.05, 3.63) is 65.2 Å². The summed E-state index contributed by atoms with van der Waals surface area (Å²) in [6.45, 7) is 3.22. The number of nitrogens with one attached hydrogen (secondary N) is 2. The molecule has 0 aliphatic rings. The summed E-state index contributed by atoms with van der Waals surface area (Å²) in [6.07, 6.45) is 0. The van der Waals surface area contributed by atoms with Crippen molar-refractivity contribution < 1.29 is 19.1 Å². The lowest BCUT2D eigenvalue weighted by atomic mass is 9.88. The van der Waals surface area contributed by atoms with Gasteiger partial charge in [-0.2, -0.15) is 0 Å². The van der Waals surface area contributed by atoms with Crippen LogP contribution in [0.25, 0.3) is 0 Å². The van der Waals surface area contributed by atoms with Crippen LogP contribution in [0.5, 0.6) is 0 Å². The van der Waals surface area contributed by atoms with E-state index in [0.717, 1.165) is 5.56 Å². The average molecular weight is 389 g/mol. The predicted molar refractivity (Wildman–Crippen MR) is 104 cm³/mol. The monoisotopic (exact) mass is 388 g/mol. The van der Waals surface area contributed by atoms with Gasteiger partial charge in [-0.25, -0.2) is 4.79 Å². The molecule has 6 nitrogen and oxygen atoms in total. The third-order valence-corrected chi connectivity index (χ3v) is 4.03. The van der Waals surface area contributed by atoms with Crippen molar-refractivity contribution in [1.82, 2.24) is 5.32 Å². The Hall–Kier alpha value is -2.86. The molecule has 0 spiro atoms. The Morgan fingerprint density at radius 2 is 1.63 bits per heavy atom. The molecular weight excluding hydrogens is 368 g/mol. The predicted octanol–water partition coefficient (Wildman–Crippen LogP) is 3.97. The van der Waals surface area contributed by atoms with Gasteiger partial charge in [-0.05, 0) is 35.7 Å². The molecule has 0 saturated heterocycles. The van der Waals surface area contributed by atoms with E-state index in [2.05, 4.69) is 10.6 Å². The molecule has 2 rings (SSSR count). The Morgan fingerprint density at radius 3 is 2.22 bits per heavy atom. The lowest BCUT2D eigenvalue weighted by Gasteiger charge is -2.19. The molecule has 0 radical (unpaired) electrons. The van der Waals surface area contributed by atoms with Crippen molar-refractivity contribution in [1.29, 1.82) is 0 Å². The number of anilines is 1. The second-order valence-corrected chi connectivity index (χ2v) is 6.69. The third kappa shape index (κ3) is 6.42. The Bertz CT molecular complexity index is 791. The second kappa shape index (κ2) is 9.73. The van der Waals surface area contributed by atoms with Crippen LogP contribution in [-0.4, -0.2) is 24.5 Å². The number of halogens is 1. The van der Waals surface area contributed by atoms with E-state index < -0.39 is 30.4 Å². The van der Waals surface area contributed by atoms with Gasteiger partial charge in [0.1, 0.15) is 0 Å². The molecule has 0 aliphatic carbocycles. The number of hydrogen-bond acceptors (Lipinski definition) is 4. The quantitative estimate of drug-likeness (QED) is 0.733. The van der Waals surface area contributed by atoms with Crippen LogP contribution in [0, 0.1) is 5.92 Å². The summed E-state index contributed by atoms with van der Waals surface area (Å²) >= 11 is 5.88. The minimum absolute atomic E-state index is 0.0388. The fourth-order valence-electron chi connectivity index (χ4n) is 2.54. The average Bonchev–Trinajstić information content (AvgIpc) is 2.62. The smallest absolute Gasteiger partial charge is 0.325 e. The van der Waals surface area contributed by atoms with E-state index in [4.69, 9.17) is 16.3 Å². The number of carbonyl (C=O) groups is 3. The zero-order valence-corrected chi connectivity index (χ0v) is 15.8. The minimum Gasteiger partial charge on any atom is -0.455 e. The Balaban J connectivity index is 1.87. The van der Waals surface area contributed by atoms with E-state index >= 15 is 0 Å². The summed E-state index contributed by atoms with van der Waals surface area (Å²) < 4.78 is 5.10. The largest absolute Gasteiger partial charge is 0.455 e. The van der Waals surface area contributed by atoms with E-state index in [0.29, 0.717) is 10.7 Å². The van der Waals surface area contributed by atoms with Gasteiger partial charge in [0, 0.05) is 10.7 Å². The van der Waals surface area contributed by atoms with Gasteiger partial charge in [0.2, 0.25) is 0 Å². The summed E-state index contributed by atoms with van der Waals surface area (Å²) in [5.41, 5.74) is 1.30. The topological polar surface area (TPSA) is 84.5 Å². The number of rotatable bonds is 6. The summed E-state index contributed by atoms with van der Waals surface area (Å²) in [5.74, 6) is -1.82. The van der Waals surface area contributed by atoms with Crippen molar-refractivity contribution in [2.24, 2.45) is 5.92 Å². The Kier molecular flexibility index (Phi) is 7.37. The number of para-hydroxylation sites is 1. The maximum absolute atomic E-state index is 12.4. The minimum atomic E-state index is -0.713. The number of hydrogen-bond donors (Lipinski definition) is 2. The molecule has 1 atom stereocenters. The van der Waals surface area contributed by atoms with Crippen molar-refractivity contribution >= 4 is 35.2 Å². The number of amides is 3. The van der Waals surface area contributed by atoms with E-state index in [1.807, 2.05) is 13.8 Å². The summed E-state index contributed by atoms with van der Waals surface area (Å²) in [5, 5.41) is 5.19. The highest BCUT2D eigenvalue weighted by Crippen LogP contribution is 2.27. The molecule has 27 heavy (non-hydrogen) atoms. The molecule has 0 fully saturated rings. The van der Waals surface area contributed by atoms with Crippen LogP contribution in [0.4, 0.5) is 10.5 Å². The van der Waals surface area contributed by atoms with Crippen LogP contribution >= 0.6 is 11.6 Å². The molecule has 2 aromatic carbocycles. The highest BCUT2D eigenvalue weighted by molar-refractivity contribution is 6.30. The SMILES string of the molecule is CC(C)[C@H](C(=O)OCC(=O)NC(=O)Nc1ccccc1)c1ccc(Cl)cc1. The molecule has 142 valence electrons. The van der Waals surface area contributed by atoms with Crippen molar-refractivity contribution in [2.45, 2.75) is 19.8 Å². The first-order chi connectivity index (χ1) is 12.9. The Labute approximate surface area is 162 Å². The maximum Gasteiger partial charge on any atom is 0.325 e. The third-order valence-electron chi connectivity index (χ3n) is 3.78. The molecule has 0 bridgehead atoms. The van der Waals surface area contributed by atoms with Crippen LogP contribution in [0.3, 0.4) is 0 Å². The van der Waals surface area contributed by atoms with Crippen LogP contribution in [0.1, 0.15) is 25.3 Å². The highest BCUT2D eigenvalue weighted by Gasteiger charge is 2.26. The van der Waals surface area contributed by atoms with Gasteiger partial charge >= 0.3 is 12.0 Å². The molecule has 0 heterocycles. The molecule has 7 heteroatoms. The fourth-order valence-corrected chi connectivity index (χ4v) is 2.66. The molecule has 3 amide bonds. The highest BCUT2D eigenvalue weighted by atomic mass is 35.5. The lowest BCUT2D eigenvalue weighted by Crippen LogP contribution is -2.37. The summed E-state index contributed by atoms with van der Waals surface area (Å²) in [7, 11) is 0. The molecule has 0 saturated carbocycles. The Morgan fingerprint density at radius 1 is 1.00 bits per heavy atom. The number of benzene rings is 2. The first kappa shape index (κ1) is 20.5. The molecule has 0 aliphatic heterocycles. The summed E-state index contributed by atoms with van der Waals surface area (Å²) in [4.78, 5) is 36.0. The maximum atomic E-state index is 12.4. The normalized spacial score (nSPS) is 11.6. The van der Waals surface area contributed by atoms with Crippen molar-refractivity contribution in [3.8, 4) is 0 Å². The molecule has 2 aromatic rings. The molecule has 2 N–H and O–H groups in total. The lowest BCUT2D eigenvalue weighted by molar-refractivity contribution is -0.150. The van der Waals surface area contributed by atoms with E-state index in [9.17, 15) is 14.4 Å². The molecule has 0 aromatic heterocycles. The van der Waals surface area contributed by atoms with Crippen LogP contribution in [-0.2, 0) is 14.3 Å². The first-order valence-corrected chi connectivity index (χ1v) is 8.82. The van der Waals surface area contributed by atoms with Gasteiger partial charge in [0.25, 0.3) is 5.91 Å². The zero-order chi connectivity index (χ0) is 19.8. The van der Waals surface area contributed by atoms with E-state index in [1.165, 1.54) is 0 Å². The van der Waals surface area contributed by atoms with Gasteiger partial charge < -0.3 is 10.1 Å². The number of ether oxygens (including phenoxy) is 1. The zero-order valence-electron chi connectivity index (χ0n) is 15.1. The van der Waals surface area contributed by atoms with Gasteiger partial charge in [0.05, 0.1) is 5.92 Å². The number of urea groups is 1. The van der Waals surface area contributed by atoms with Gasteiger partial charge in [0.15, 0.2) is 6.61 Å². The number of carbonyl (C=O) groups excluding carboxylic acids is 3.